The summed E-state index contributed by atoms with van der Waals surface area (Å²) in [5.74, 6) is 0. The molecule has 1 heteroatoms. The molecular weight excluding hydrogens is 152 g/mol. The van der Waals surface area contributed by atoms with E-state index in [4.69, 9.17) is 6.58 Å². The van der Waals surface area contributed by atoms with Crippen molar-refractivity contribution in [2.45, 2.75) is 44.3 Å². The Labute approximate surface area is 75.5 Å². The topological polar surface area (TPSA) is 0 Å². The van der Waals surface area contributed by atoms with Gasteiger partial charge in [-0.3, -0.25) is 0 Å². The molecule has 1 radical (unpaired) electrons. The van der Waals surface area contributed by atoms with Crippen molar-refractivity contribution in [2.24, 2.45) is 0 Å². The minimum absolute atomic E-state index is 0.830. The molecule has 0 aliphatic carbocycles. The molecule has 0 aliphatic heterocycles. The van der Waals surface area contributed by atoms with Crippen LogP contribution in [0, 0.1) is 6.58 Å². The van der Waals surface area contributed by atoms with Crippen LogP contribution in [0.3, 0.4) is 0 Å². The lowest BCUT2D eigenvalue weighted by atomic mass is 10.1. The Morgan fingerprint density at radius 2 is 2.09 bits per heavy atom. The molecule has 0 heterocycles. The van der Waals surface area contributed by atoms with E-state index in [2.05, 4.69) is 13.2 Å². The highest BCUT2D eigenvalue weighted by molar-refractivity contribution is 7.99. The zero-order valence-electron chi connectivity index (χ0n) is 7.68. The van der Waals surface area contributed by atoms with Crippen molar-refractivity contribution in [1.29, 1.82) is 0 Å². The Balaban J connectivity index is 2.95. The van der Waals surface area contributed by atoms with Gasteiger partial charge >= 0.3 is 0 Å². The highest BCUT2D eigenvalue weighted by Gasteiger charge is 1.97. The molecule has 0 spiro atoms. The average Bonchev–Trinajstić information content (AvgIpc) is 2.04. The fourth-order valence-corrected chi connectivity index (χ4v) is 1.39. The summed E-state index contributed by atoms with van der Waals surface area (Å²) < 4.78 is 0. The molecule has 0 aromatic heterocycles. The lowest BCUT2D eigenvalue weighted by Gasteiger charge is -2.06. The zero-order chi connectivity index (χ0) is 8.53. The summed E-state index contributed by atoms with van der Waals surface area (Å²) in [5, 5.41) is 0.830. The van der Waals surface area contributed by atoms with Gasteiger partial charge in [0.05, 0.1) is 0 Å². The molecule has 1 unspecified atom stereocenters. The predicted octanol–water partition coefficient (Wildman–Crippen LogP) is 3.68. The summed E-state index contributed by atoms with van der Waals surface area (Å²) in [6, 6.07) is 0. The first-order valence-corrected chi connectivity index (χ1v) is 5.66. The van der Waals surface area contributed by atoms with Gasteiger partial charge in [-0.05, 0) is 25.5 Å². The highest BCUT2D eigenvalue weighted by atomic mass is 32.2. The third-order valence-electron chi connectivity index (χ3n) is 1.88. The van der Waals surface area contributed by atoms with Gasteiger partial charge in [0.1, 0.15) is 0 Å². The Kier molecular flexibility index (Phi) is 8.26. The summed E-state index contributed by atoms with van der Waals surface area (Å²) in [5.41, 5.74) is 0. The molecule has 65 valence electrons. The second-order valence-electron chi connectivity index (χ2n) is 2.92. The van der Waals surface area contributed by atoms with E-state index in [-0.39, 0.29) is 0 Å². The quantitative estimate of drug-likeness (QED) is 0.527. The Morgan fingerprint density at radius 3 is 2.64 bits per heavy atom. The van der Waals surface area contributed by atoms with E-state index in [1.54, 1.807) is 6.08 Å². The van der Waals surface area contributed by atoms with E-state index in [9.17, 15) is 0 Å². The normalized spacial score (nSPS) is 12.9. The van der Waals surface area contributed by atoms with Gasteiger partial charge in [-0.15, -0.1) is 0 Å². The minimum atomic E-state index is 0.830. The molecule has 0 amide bonds. The van der Waals surface area contributed by atoms with Gasteiger partial charge in [0.15, 0.2) is 0 Å². The summed E-state index contributed by atoms with van der Waals surface area (Å²) in [6.07, 6.45) is 10.3. The summed E-state index contributed by atoms with van der Waals surface area (Å²) in [4.78, 5) is 0. The zero-order valence-corrected chi connectivity index (χ0v) is 8.49. The van der Waals surface area contributed by atoms with Gasteiger partial charge in [-0.2, -0.15) is 11.8 Å². The van der Waals surface area contributed by atoms with Crippen LogP contribution in [0.2, 0.25) is 0 Å². The molecule has 0 saturated heterocycles. The van der Waals surface area contributed by atoms with Crippen LogP contribution in [0.1, 0.15) is 39.0 Å². The second kappa shape index (κ2) is 8.19. The first-order chi connectivity index (χ1) is 5.31. The van der Waals surface area contributed by atoms with E-state index in [1.807, 2.05) is 11.8 Å². The number of thioether (sulfide) groups is 1. The standard InChI is InChI=1S/C10H19S/c1-4-5-6-7-8-9-10(2)11-3/h1,4,10H,5-9H2,2-3H3. The van der Waals surface area contributed by atoms with Crippen LogP contribution < -0.4 is 0 Å². The van der Waals surface area contributed by atoms with E-state index in [0.29, 0.717) is 0 Å². The van der Waals surface area contributed by atoms with Gasteiger partial charge in [0.25, 0.3) is 0 Å². The fraction of sp³-hybridized carbons (Fsp3) is 0.800. The van der Waals surface area contributed by atoms with Gasteiger partial charge in [-0.1, -0.05) is 32.4 Å². The second-order valence-corrected chi connectivity index (χ2v) is 4.20. The number of hydrogen-bond donors (Lipinski definition) is 0. The Hall–Kier alpha value is 0.0900. The molecule has 0 rings (SSSR count). The lowest BCUT2D eigenvalue weighted by molar-refractivity contribution is 0.645. The van der Waals surface area contributed by atoms with Crippen molar-refractivity contribution >= 4 is 11.8 Å². The molecule has 11 heavy (non-hydrogen) atoms. The van der Waals surface area contributed by atoms with Crippen molar-refractivity contribution < 1.29 is 0 Å². The van der Waals surface area contributed by atoms with E-state index in [0.717, 1.165) is 11.7 Å². The fourth-order valence-electron chi connectivity index (χ4n) is 0.989. The maximum atomic E-state index is 5.27. The summed E-state index contributed by atoms with van der Waals surface area (Å²) in [6.45, 7) is 7.56. The number of allylic oxidation sites excluding steroid dienone is 1. The number of hydrogen-bond acceptors (Lipinski definition) is 1. The molecule has 0 fully saturated rings. The van der Waals surface area contributed by atoms with Gasteiger partial charge < -0.3 is 0 Å². The maximum absolute atomic E-state index is 5.27. The first kappa shape index (κ1) is 11.1. The molecule has 0 aliphatic rings. The summed E-state index contributed by atoms with van der Waals surface area (Å²) in [7, 11) is 0. The van der Waals surface area contributed by atoms with E-state index < -0.39 is 0 Å². The Morgan fingerprint density at radius 1 is 1.36 bits per heavy atom. The lowest BCUT2D eigenvalue weighted by Crippen LogP contribution is -1.93. The smallest absolute Gasteiger partial charge is 0.00159 e. The largest absolute Gasteiger partial charge is 0.162 e. The van der Waals surface area contributed by atoms with Crippen LogP contribution >= 0.6 is 11.8 Å². The maximum Gasteiger partial charge on any atom is 0.00159 e. The summed E-state index contributed by atoms with van der Waals surface area (Å²) >= 11 is 1.96. The Bertz CT molecular complexity index is 88.9. The molecule has 1 atom stereocenters. The predicted molar refractivity (Wildman–Crippen MR) is 54.9 cm³/mol. The van der Waals surface area contributed by atoms with Crippen molar-refractivity contribution in [1.82, 2.24) is 0 Å². The van der Waals surface area contributed by atoms with Gasteiger partial charge in [0.2, 0.25) is 0 Å². The molecule has 0 aromatic carbocycles. The molecule has 0 N–H and O–H groups in total. The van der Waals surface area contributed by atoms with Crippen molar-refractivity contribution in [2.75, 3.05) is 6.26 Å². The molecular formula is C10H19S. The van der Waals surface area contributed by atoms with Crippen LogP contribution in [0.5, 0.6) is 0 Å². The van der Waals surface area contributed by atoms with E-state index >= 15 is 0 Å². The van der Waals surface area contributed by atoms with Gasteiger partial charge in [-0.25, -0.2) is 0 Å². The van der Waals surface area contributed by atoms with Crippen LogP contribution in [0.25, 0.3) is 0 Å². The molecule has 0 bridgehead atoms. The minimum Gasteiger partial charge on any atom is -0.162 e. The van der Waals surface area contributed by atoms with Gasteiger partial charge in [0, 0.05) is 5.25 Å². The van der Waals surface area contributed by atoms with Crippen LogP contribution in [-0.2, 0) is 0 Å². The van der Waals surface area contributed by atoms with Crippen molar-refractivity contribution in [3.8, 4) is 0 Å². The molecule has 0 saturated carbocycles. The third kappa shape index (κ3) is 7.99. The van der Waals surface area contributed by atoms with Crippen LogP contribution in [-0.4, -0.2) is 11.5 Å². The van der Waals surface area contributed by atoms with E-state index in [1.165, 1.54) is 25.7 Å². The van der Waals surface area contributed by atoms with Crippen LogP contribution in [0.15, 0.2) is 6.08 Å². The SMILES string of the molecule is [CH]=CCCCCCC(C)SC. The number of rotatable bonds is 7. The first-order valence-electron chi connectivity index (χ1n) is 4.37. The van der Waals surface area contributed by atoms with Crippen LogP contribution in [0.4, 0.5) is 0 Å². The monoisotopic (exact) mass is 171 g/mol. The van der Waals surface area contributed by atoms with Crippen molar-refractivity contribution in [3.63, 3.8) is 0 Å². The average molecular weight is 171 g/mol. The number of unbranched alkanes of at least 4 members (excludes halogenated alkanes) is 3. The third-order valence-corrected chi connectivity index (χ3v) is 2.92. The highest BCUT2D eigenvalue weighted by Crippen LogP contribution is 2.14. The molecule has 0 aromatic rings. The van der Waals surface area contributed by atoms with Crippen molar-refractivity contribution in [3.05, 3.63) is 12.7 Å². The molecule has 0 nitrogen and oxygen atoms in total.